The molecular weight excluding hydrogens is 213 g/mol. The highest BCUT2D eigenvalue weighted by Crippen LogP contribution is 2.53. The number of carbonyl (C=O) groups is 2. The van der Waals surface area contributed by atoms with Gasteiger partial charge in [0.2, 0.25) is 0 Å². The summed E-state index contributed by atoms with van der Waals surface area (Å²) in [6, 6.07) is 0. The number of amides is 2. The van der Waals surface area contributed by atoms with Crippen molar-refractivity contribution in [2.75, 3.05) is 6.54 Å². The summed E-state index contributed by atoms with van der Waals surface area (Å²) in [7, 11) is 0. The minimum absolute atomic E-state index is 0.0311. The van der Waals surface area contributed by atoms with Crippen LogP contribution < -0.4 is 0 Å². The summed E-state index contributed by atoms with van der Waals surface area (Å²) >= 11 is 11.6. The monoisotopic (exact) mass is 219 g/mol. The fourth-order valence-corrected chi connectivity index (χ4v) is 1.81. The van der Waals surface area contributed by atoms with Crippen LogP contribution in [0.3, 0.4) is 0 Å². The topological polar surface area (TPSA) is 37.4 Å². The summed E-state index contributed by atoms with van der Waals surface area (Å²) in [6.45, 7) is 0.331. The van der Waals surface area contributed by atoms with Crippen LogP contribution >= 0.6 is 23.2 Å². The maximum absolute atomic E-state index is 11.1. The Bertz CT molecular complexity index is 293. The largest absolute Gasteiger partial charge is 0.275 e. The third kappa shape index (κ3) is 1.58. The molecule has 1 saturated carbocycles. The van der Waals surface area contributed by atoms with Crippen molar-refractivity contribution >= 4 is 35.0 Å². The van der Waals surface area contributed by atoms with Gasteiger partial charge in [0.15, 0.2) is 0 Å². The smallest absolute Gasteiger partial charge is 0.253 e. The van der Waals surface area contributed by atoms with E-state index in [0.717, 1.165) is 4.90 Å². The number of carbonyl (C=O) groups excluding carboxylic acids is 2. The van der Waals surface area contributed by atoms with Crippen LogP contribution in [0.25, 0.3) is 0 Å². The van der Waals surface area contributed by atoms with Crippen LogP contribution in [-0.4, -0.2) is 27.6 Å². The molecule has 0 spiro atoms. The summed E-state index contributed by atoms with van der Waals surface area (Å²) in [5, 5.41) is 0. The number of alkyl halides is 2. The van der Waals surface area contributed by atoms with Crippen LogP contribution in [0.4, 0.5) is 0 Å². The van der Waals surface area contributed by atoms with Gasteiger partial charge in [-0.15, -0.1) is 23.2 Å². The van der Waals surface area contributed by atoms with Crippen LogP contribution in [0, 0.1) is 5.92 Å². The van der Waals surface area contributed by atoms with Crippen molar-refractivity contribution in [2.24, 2.45) is 5.92 Å². The van der Waals surface area contributed by atoms with Gasteiger partial charge >= 0.3 is 0 Å². The average molecular weight is 220 g/mol. The predicted octanol–water partition coefficient (Wildman–Crippen LogP) is 1.11. The Morgan fingerprint density at radius 3 is 2.23 bits per heavy atom. The van der Waals surface area contributed by atoms with Gasteiger partial charge in [-0.1, -0.05) is 0 Å². The second-order valence-electron chi connectivity index (χ2n) is 3.28. The van der Waals surface area contributed by atoms with E-state index in [2.05, 4.69) is 0 Å². The Morgan fingerprint density at radius 1 is 1.38 bits per heavy atom. The number of halogens is 2. The minimum Gasteiger partial charge on any atom is -0.275 e. The Balaban J connectivity index is 1.97. The highest BCUT2D eigenvalue weighted by Gasteiger charge is 2.53. The summed E-state index contributed by atoms with van der Waals surface area (Å²) in [5.41, 5.74) is 0. The molecule has 0 N–H and O–H groups in total. The molecule has 1 heterocycles. The molecule has 5 heteroatoms. The number of hydrogen-bond donors (Lipinski definition) is 0. The molecule has 0 bridgehead atoms. The number of imide groups is 1. The minimum atomic E-state index is -0.733. The number of nitrogens with zero attached hydrogens (tertiary/aromatic N) is 1. The third-order valence-electron chi connectivity index (χ3n) is 2.26. The lowest BCUT2D eigenvalue weighted by Crippen LogP contribution is -2.32. The molecule has 0 aromatic heterocycles. The first-order valence-corrected chi connectivity index (χ1v) is 4.67. The summed E-state index contributed by atoms with van der Waals surface area (Å²) in [4.78, 5) is 23.3. The van der Waals surface area contributed by atoms with Crippen LogP contribution in [0.2, 0.25) is 0 Å². The van der Waals surface area contributed by atoms with Gasteiger partial charge in [0.1, 0.15) is 4.33 Å². The van der Waals surface area contributed by atoms with E-state index in [9.17, 15) is 9.59 Å². The molecule has 1 aliphatic heterocycles. The fourth-order valence-electron chi connectivity index (χ4n) is 1.30. The van der Waals surface area contributed by atoms with Gasteiger partial charge in [-0.25, -0.2) is 0 Å². The predicted molar refractivity (Wildman–Crippen MR) is 48.4 cm³/mol. The molecule has 2 aliphatic rings. The zero-order chi connectivity index (χ0) is 9.64. The summed E-state index contributed by atoms with van der Waals surface area (Å²) < 4.78 is -0.733. The summed E-state index contributed by atoms with van der Waals surface area (Å²) in [5.74, 6) is -0.523. The van der Waals surface area contributed by atoms with E-state index < -0.39 is 4.33 Å². The average Bonchev–Trinajstić information content (AvgIpc) is 2.52. The van der Waals surface area contributed by atoms with Crippen molar-refractivity contribution in [2.45, 2.75) is 10.8 Å². The van der Waals surface area contributed by atoms with Gasteiger partial charge in [-0.3, -0.25) is 14.5 Å². The van der Waals surface area contributed by atoms with E-state index in [4.69, 9.17) is 23.2 Å². The van der Waals surface area contributed by atoms with E-state index >= 15 is 0 Å². The quantitative estimate of drug-likeness (QED) is 0.516. The normalized spacial score (nSPS) is 30.0. The molecule has 2 rings (SSSR count). The van der Waals surface area contributed by atoms with Crippen molar-refractivity contribution in [3.8, 4) is 0 Å². The van der Waals surface area contributed by atoms with Crippen molar-refractivity contribution in [3.05, 3.63) is 12.2 Å². The van der Waals surface area contributed by atoms with Gasteiger partial charge in [0, 0.05) is 24.6 Å². The first-order chi connectivity index (χ1) is 6.00. The highest BCUT2D eigenvalue weighted by molar-refractivity contribution is 6.50. The van der Waals surface area contributed by atoms with E-state index in [1.807, 2.05) is 0 Å². The zero-order valence-corrected chi connectivity index (χ0v) is 8.18. The Kier molecular flexibility index (Phi) is 1.89. The van der Waals surface area contributed by atoms with Crippen LogP contribution in [0.1, 0.15) is 6.42 Å². The van der Waals surface area contributed by atoms with E-state index in [0.29, 0.717) is 13.0 Å². The molecule has 0 radical (unpaired) electrons. The van der Waals surface area contributed by atoms with Crippen molar-refractivity contribution < 1.29 is 9.59 Å². The Morgan fingerprint density at radius 2 is 1.85 bits per heavy atom. The molecule has 0 saturated heterocycles. The number of rotatable bonds is 2. The molecule has 0 aromatic carbocycles. The summed E-state index contributed by atoms with van der Waals surface area (Å²) in [6.07, 6.45) is 3.16. The van der Waals surface area contributed by atoms with Crippen LogP contribution in [-0.2, 0) is 9.59 Å². The molecule has 1 aliphatic carbocycles. The van der Waals surface area contributed by atoms with Gasteiger partial charge in [0.05, 0.1) is 0 Å². The second kappa shape index (κ2) is 2.72. The molecule has 1 atom stereocenters. The van der Waals surface area contributed by atoms with E-state index in [-0.39, 0.29) is 17.7 Å². The van der Waals surface area contributed by atoms with Crippen molar-refractivity contribution in [1.82, 2.24) is 4.90 Å². The lowest BCUT2D eigenvalue weighted by molar-refractivity contribution is -0.137. The molecule has 70 valence electrons. The van der Waals surface area contributed by atoms with E-state index in [1.165, 1.54) is 12.2 Å². The molecule has 13 heavy (non-hydrogen) atoms. The molecule has 0 aromatic rings. The maximum atomic E-state index is 11.1. The molecular formula is C8H7Cl2NO2. The van der Waals surface area contributed by atoms with Gasteiger partial charge in [-0.05, 0) is 6.42 Å². The third-order valence-corrected chi connectivity index (χ3v) is 3.19. The molecule has 2 amide bonds. The van der Waals surface area contributed by atoms with Crippen molar-refractivity contribution in [1.29, 1.82) is 0 Å². The fraction of sp³-hybridized carbons (Fsp3) is 0.500. The molecule has 1 fully saturated rings. The standard InChI is InChI=1S/C8H7Cl2NO2/c9-8(10)3-5(8)4-11-6(12)1-2-7(11)13/h1-2,5H,3-4H2. The van der Waals surface area contributed by atoms with Crippen LogP contribution in [0.15, 0.2) is 12.2 Å². The van der Waals surface area contributed by atoms with Gasteiger partial charge < -0.3 is 0 Å². The molecule has 1 unspecified atom stereocenters. The van der Waals surface area contributed by atoms with Crippen LogP contribution in [0.5, 0.6) is 0 Å². The Labute approximate surface area is 85.3 Å². The maximum Gasteiger partial charge on any atom is 0.253 e. The number of hydrogen-bond acceptors (Lipinski definition) is 2. The SMILES string of the molecule is O=C1C=CC(=O)N1CC1CC1(Cl)Cl. The lowest BCUT2D eigenvalue weighted by atomic mass is 10.4. The van der Waals surface area contributed by atoms with Gasteiger partial charge in [-0.2, -0.15) is 0 Å². The zero-order valence-electron chi connectivity index (χ0n) is 6.67. The highest BCUT2D eigenvalue weighted by atomic mass is 35.5. The Hall–Kier alpha value is -0.540. The lowest BCUT2D eigenvalue weighted by Gasteiger charge is -2.13. The second-order valence-corrected chi connectivity index (χ2v) is 4.82. The molecule has 3 nitrogen and oxygen atoms in total. The first kappa shape index (κ1) is 9.03. The van der Waals surface area contributed by atoms with E-state index in [1.54, 1.807) is 0 Å². The van der Waals surface area contributed by atoms with Gasteiger partial charge in [0.25, 0.3) is 11.8 Å². The first-order valence-electron chi connectivity index (χ1n) is 3.92. The van der Waals surface area contributed by atoms with Crippen molar-refractivity contribution in [3.63, 3.8) is 0 Å².